The summed E-state index contributed by atoms with van der Waals surface area (Å²) in [5.41, 5.74) is 4.48. The smallest absolute Gasteiger partial charge is 0.181 e. The second-order valence-electron chi connectivity index (χ2n) is 3.90. The summed E-state index contributed by atoms with van der Waals surface area (Å²) >= 11 is 1.56. The molecule has 0 amide bonds. The molecule has 0 aliphatic heterocycles. The van der Waals surface area contributed by atoms with Gasteiger partial charge in [-0.2, -0.15) is 0 Å². The first-order valence-corrected chi connectivity index (χ1v) is 6.31. The molecule has 0 radical (unpaired) electrons. The second-order valence-corrected chi connectivity index (χ2v) is 4.79. The summed E-state index contributed by atoms with van der Waals surface area (Å²) in [6, 6.07) is 5.84. The maximum atomic E-state index is 5.50. The molecule has 0 aliphatic rings. The maximum absolute atomic E-state index is 5.50. The Morgan fingerprint density at radius 1 is 1.28 bits per heavy atom. The van der Waals surface area contributed by atoms with Crippen LogP contribution in [0, 0.1) is 6.92 Å². The lowest BCUT2D eigenvalue weighted by Gasteiger charge is -2.05. The first-order valence-electron chi connectivity index (χ1n) is 5.43. The van der Waals surface area contributed by atoms with E-state index in [0.29, 0.717) is 11.6 Å². The van der Waals surface area contributed by atoms with Crippen LogP contribution in [-0.4, -0.2) is 15.0 Å². The van der Waals surface area contributed by atoms with E-state index in [1.165, 1.54) is 0 Å². The number of nitrogens with zero attached hydrogens (tertiary/aromatic N) is 3. The van der Waals surface area contributed by atoms with Crippen molar-refractivity contribution in [3.63, 3.8) is 0 Å². The van der Waals surface area contributed by atoms with Crippen molar-refractivity contribution < 1.29 is 0 Å². The van der Waals surface area contributed by atoms with Crippen LogP contribution in [0.2, 0.25) is 0 Å². The van der Waals surface area contributed by atoms with E-state index < -0.39 is 0 Å². The number of pyridine rings is 1. The van der Waals surface area contributed by atoms with Gasteiger partial charge in [-0.1, -0.05) is 0 Å². The number of anilines is 1. The van der Waals surface area contributed by atoms with Crippen molar-refractivity contribution in [3.8, 4) is 11.5 Å². The zero-order valence-electron chi connectivity index (χ0n) is 9.71. The Bertz CT molecular complexity index is 707. The number of nitrogen functional groups attached to an aromatic ring is 1. The third-order valence-corrected chi connectivity index (χ3v) is 3.41. The molecule has 90 valence electrons. The number of rotatable bonds is 2. The molecule has 3 N–H and O–H groups in total. The molecule has 0 spiro atoms. The van der Waals surface area contributed by atoms with E-state index in [0.717, 1.165) is 21.5 Å². The fourth-order valence-electron chi connectivity index (χ4n) is 1.74. The fraction of sp³-hybridized carbons (Fsp3) is 0.0833. The topological polar surface area (TPSA) is 76.7 Å². The lowest BCUT2D eigenvalue weighted by atomic mass is 10.2. The zero-order valence-corrected chi connectivity index (χ0v) is 10.5. The van der Waals surface area contributed by atoms with Crippen LogP contribution < -0.4 is 11.3 Å². The molecule has 0 atom stereocenters. The number of nitrogens with two attached hydrogens (primary N) is 1. The highest BCUT2D eigenvalue weighted by atomic mass is 32.1. The average Bonchev–Trinajstić information content (AvgIpc) is 2.85. The summed E-state index contributed by atoms with van der Waals surface area (Å²) in [4.78, 5) is 14.1. The fourth-order valence-corrected chi connectivity index (χ4v) is 2.50. The van der Waals surface area contributed by atoms with Crippen molar-refractivity contribution in [2.75, 3.05) is 5.43 Å². The first kappa shape index (κ1) is 11.1. The molecule has 3 heterocycles. The van der Waals surface area contributed by atoms with Gasteiger partial charge in [0, 0.05) is 6.20 Å². The van der Waals surface area contributed by atoms with E-state index in [2.05, 4.69) is 20.4 Å². The second kappa shape index (κ2) is 4.32. The van der Waals surface area contributed by atoms with Gasteiger partial charge in [-0.15, -0.1) is 11.3 Å². The van der Waals surface area contributed by atoms with Crippen LogP contribution in [0.25, 0.3) is 21.7 Å². The molecule has 0 unspecified atom stereocenters. The molecule has 0 fully saturated rings. The van der Waals surface area contributed by atoms with Crippen molar-refractivity contribution in [2.45, 2.75) is 6.92 Å². The Labute approximate surface area is 108 Å². The number of hydrogen-bond donors (Lipinski definition) is 2. The Morgan fingerprint density at radius 2 is 2.17 bits per heavy atom. The monoisotopic (exact) mass is 257 g/mol. The minimum atomic E-state index is 0.585. The quantitative estimate of drug-likeness (QED) is 0.544. The summed E-state index contributed by atoms with van der Waals surface area (Å²) in [5, 5.41) is 2.90. The molecule has 5 nitrogen and oxygen atoms in total. The average molecular weight is 257 g/mol. The summed E-state index contributed by atoms with van der Waals surface area (Å²) in [6.45, 7) is 2.01. The molecule has 18 heavy (non-hydrogen) atoms. The summed E-state index contributed by atoms with van der Waals surface area (Å²) in [7, 11) is 0. The van der Waals surface area contributed by atoms with Gasteiger partial charge >= 0.3 is 0 Å². The Hall–Kier alpha value is -2.05. The van der Waals surface area contributed by atoms with Gasteiger partial charge in [0.1, 0.15) is 10.5 Å². The standard InChI is InChI=1S/C12H11N5S/c1-7-2-4-14-9(6-7)11-15-10(17-13)8-3-5-18-12(8)16-11/h2-6H,13H2,1H3,(H,15,16,17). The number of fused-ring (bicyclic) bond motifs is 1. The van der Waals surface area contributed by atoms with Gasteiger partial charge in [-0.3, -0.25) is 4.98 Å². The number of aromatic nitrogens is 3. The van der Waals surface area contributed by atoms with E-state index in [1.54, 1.807) is 17.5 Å². The van der Waals surface area contributed by atoms with Gasteiger partial charge < -0.3 is 5.43 Å². The van der Waals surface area contributed by atoms with Crippen molar-refractivity contribution in [1.29, 1.82) is 0 Å². The Morgan fingerprint density at radius 3 is 2.94 bits per heavy atom. The van der Waals surface area contributed by atoms with Gasteiger partial charge in [-0.25, -0.2) is 15.8 Å². The minimum Gasteiger partial charge on any atom is -0.308 e. The number of thiophene rings is 1. The van der Waals surface area contributed by atoms with Crippen LogP contribution in [0.4, 0.5) is 5.82 Å². The van der Waals surface area contributed by atoms with Crippen molar-refractivity contribution in [1.82, 2.24) is 15.0 Å². The van der Waals surface area contributed by atoms with Gasteiger partial charge in [0.2, 0.25) is 0 Å². The zero-order chi connectivity index (χ0) is 12.5. The highest BCUT2D eigenvalue weighted by Gasteiger charge is 2.10. The van der Waals surface area contributed by atoms with Crippen LogP contribution >= 0.6 is 11.3 Å². The first-order chi connectivity index (χ1) is 8.78. The van der Waals surface area contributed by atoms with Gasteiger partial charge in [0.15, 0.2) is 11.6 Å². The number of hydrazine groups is 1. The van der Waals surface area contributed by atoms with Crippen LogP contribution in [0.15, 0.2) is 29.8 Å². The normalized spacial score (nSPS) is 10.8. The van der Waals surface area contributed by atoms with Crippen LogP contribution in [0.5, 0.6) is 0 Å². The predicted octanol–water partition coefficient (Wildman–Crippen LogP) is 2.35. The summed E-state index contributed by atoms with van der Waals surface area (Å²) in [5.74, 6) is 6.71. The SMILES string of the molecule is Cc1ccnc(-c2nc(NN)c3ccsc3n2)c1. The molecular weight excluding hydrogens is 246 g/mol. The van der Waals surface area contributed by atoms with E-state index in [9.17, 15) is 0 Å². The largest absolute Gasteiger partial charge is 0.308 e. The van der Waals surface area contributed by atoms with Crippen molar-refractivity contribution in [2.24, 2.45) is 5.84 Å². The number of aryl methyl sites for hydroxylation is 1. The summed E-state index contributed by atoms with van der Waals surface area (Å²) in [6.07, 6.45) is 1.75. The molecule has 0 aromatic carbocycles. The molecule has 6 heteroatoms. The molecule has 0 aliphatic carbocycles. The Balaban J connectivity index is 2.23. The molecular formula is C12H11N5S. The van der Waals surface area contributed by atoms with Crippen LogP contribution in [0.1, 0.15) is 5.56 Å². The Kier molecular flexibility index (Phi) is 2.66. The van der Waals surface area contributed by atoms with Crippen molar-refractivity contribution >= 4 is 27.4 Å². The van der Waals surface area contributed by atoms with Crippen LogP contribution in [0.3, 0.4) is 0 Å². The third-order valence-electron chi connectivity index (χ3n) is 2.61. The van der Waals surface area contributed by atoms with Gasteiger partial charge in [-0.05, 0) is 36.1 Å². The van der Waals surface area contributed by atoms with E-state index in [-0.39, 0.29) is 0 Å². The van der Waals surface area contributed by atoms with Gasteiger partial charge in [0.05, 0.1) is 5.39 Å². The van der Waals surface area contributed by atoms with E-state index >= 15 is 0 Å². The highest BCUT2D eigenvalue weighted by Crippen LogP contribution is 2.27. The number of nitrogens with one attached hydrogen (secondary N) is 1. The van der Waals surface area contributed by atoms with E-state index in [4.69, 9.17) is 5.84 Å². The molecule has 0 saturated heterocycles. The summed E-state index contributed by atoms with van der Waals surface area (Å²) < 4.78 is 0. The lowest BCUT2D eigenvalue weighted by Crippen LogP contribution is -2.10. The van der Waals surface area contributed by atoms with E-state index in [1.807, 2.05) is 30.5 Å². The third kappa shape index (κ3) is 1.81. The van der Waals surface area contributed by atoms with Crippen molar-refractivity contribution in [3.05, 3.63) is 35.3 Å². The highest BCUT2D eigenvalue weighted by molar-refractivity contribution is 7.16. The molecule has 0 bridgehead atoms. The maximum Gasteiger partial charge on any atom is 0.181 e. The molecule has 3 rings (SSSR count). The number of hydrogen-bond acceptors (Lipinski definition) is 6. The predicted molar refractivity (Wildman–Crippen MR) is 73.2 cm³/mol. The minimum absolute atomic E-state index is 0.585. The molecule has 0 saturated carbocycles. The lowest BCUT2D eigenvalue weighted by molar-refractivity contribution is 1.15. The molecule has 3 aromatic heterocycles. The molecule has 3 aromatic rings. The van der Waals surface area contributed by atoms with Crippen LogP contribution in [-0.2, 0) is 0 Å². The van der Waals surface area contributed by atoms with Gasteiger partial charge in [0.25, 0.3) is 0 Å².